The zero-order valence-electron chi connectivity index (χ0n) is 7.87. The summed E-state index contributed by atoms with van der Waals surface area (Å²) in [6.07, 6.45) is 0.511. The smallest absolute Gasteiger partial charge is 0.237 e. The van der Waals surface area contributed by atoms with Crippen molar-refractivity contribution in [3.05, 3.63) is 11.3 Å². The molecule has 1 aromatic rings. The number of methoxy groups -OCH3 is 1. The molecule has 1 heterocycles. The van der Waals surface area contributed by atoms with Crippen LogP contribution < -0.4 is 10.5 Å². The Balaban J connectivity index is 2.89. The minimum absolute atomic E-state index is 0.0644. The maximum atomic E-state index is 8.74. The quantitative estimate of drug-likeness (QED) is 0.621. The van der Waals surface area contributed by atoms with E-state index in [1.165, 1.54) is 0 Å². The number of aromatic amines is 1. The lowest BCUT2D eigenvalue weighted by Crippen LogP contribution is -2.13. The SMILES string of the molecule is COc1n[nH]c(C)c1C(N)CCO. The molecule has 0 aliphatic heterocycles. The molecule has 0 aliphatic rings. The van der Waals surface area contributed by atoms with Crippen LogP contribution >= 0.6 is 0 Å². The van der Waals surface area contributed by atoms with Crippen molar-refractivity contribution in [3.63, 3.8) is 0 Å². The van der Waals surface area contributed by atoms with Gasteiger partial charge in [0.1, 0.15) is 0 Å². The van der Waals surface area contributed by atoms with Crippen molar-refractivity contribution in [2.24, 2.45) is 5.73 Å². The first-order valence-electron chi connectivity index (χ1n) is 4.16. The van der Waals surface area contributed by atoms with Gasteiger partial charge < -0.3 is 15.6 Å². The Labute approximate surface area is 76.9 Å². The van der Waals surface area contributed by atoms with E-state index >= 15 is 0 Å². The van der Waals surface area contributed by atoms with Gasteiger partial charge in [0.05, 0.1) is 12.7 Å². The molecule has 0 aliphatic carbocycles. The van der Waals surface area contributed by atoms with Crippen LogP contribution in [0.25, 0.3) is 0 Å². The fourth-order valence-corrected chi connectivity index (χ4v) is 1.29. The zero-order chi connectivity index (χ0) is 9.84. The lowest BCUT2D eigenvalue weighted by atomic mass is 10.1. The third kappa shape index (κ3) is 1.99. The molecule has 0 saturated heterocycles. The molecule has 1 rings (SSSR count). The van der Waals surface area contributed by atoms with Gasteiger partial charge >= 0.3 is 0 Å². The number of nitrogens with two attached hydrogens (primary N) is 1. The van der Waals surface area contributed by atoms with Crippen molar-refractivity contribution < 1.29 is 9.84 Å². The van der Waals surface area contributed by atoms with Crippen LogP contribution in [0.15, 0.2) is 0 Å². The number of H-pyrrole nitrogens is 1. The summed E-state index contributed by atoms with van der Waals surface area (Å²) in [4.78, 5) is 0. The van der Waals surface area contributed by atoms with Gasteiger partial charge in [-0.2, -0.15) is 0 Å². The van der Waals surface area contributed by atoms with Crippen LogP contribution in [0.4, 0.5) is 0 Å². The number of aromatic nitrogens is 2. The number of hydrogen-bond donors (Lipinski definition) is 3. The van der Waals surface area contributed by atoms with Gasteiger partial charge in [0, 0.05) is 18.3 Å². The second-order valence-corrected chi connectivity index (χ2v) is 2.89. The zero-order valence-corrected chi connectivity index (χ0v) is 7.87. The van der Waals surface area contributed by atoms with Crippen molar-refractivity contribution in [2.45, 2.75) is 19.4 Å². The Morgan fingerprint density at radius 2 is 2.38 bits per heavy atom. The van der Waals surface area contributed by atoms with Crippen molar-refractivity contribution in [3.8, 4) is 5.88 Å². The van der Waals surface area contributed by atoms with E-state index in [0.717, 1.165) is 11.3 Å². The predicted octanol–water partition coefficient (Wildman–Crippen LogP) is 0.109. The van der Waals surface area contributed by atoms with Gasteiger partial charge in [-0.25, -0.2) is 0 Å². The van der Waals surface area contributed by atoms with Crippen LogP contribution in [0.1, 0.15) is 23.7 Å². The Bertz CT molecular complexity index is 272. The highest BCUT2D eigenvalue weighted by Crippen LogP contribution is 2.25. The molecule has 13 heavy (non-hydrogen) atoms. The van der Waals surface area contributed by atoms with Crippen molar-refractivity contribution in [1.82, 2.24) is 10.2 Å². The van der Waals surface area contributed by atoms with Crippen LogP contribution in [-0.4, -0.2) is 29.0 Å². The van der Waals surface area contributed by atoms with Gasteiger partial charge in [0.25, 0.3) is 0 Å². The molecule has 0 fully saturated rings. The van der Waals surface area contributed by atoms with E-state index < -0.39 is 0 Å². The molecule has 1 aromatic heterocycles. The molecule has 1 atom stereocenters. The molecular formula is C8H15N3O2. The molecule has 0 aromatic carbocycles. The number of rotatable bonds is 4. The first-order valence-corrected chi connectivity index (χ1v) is 4.16. The number of nitrogens with one attached hydrogen (secondary N) is 1. The Morgan fingerprint density at radius 3 is 2.92 bits per heavy atom. The van der Waals surface area contributed by atoms with E-state index in [1.54, 1.807) is 7.11 Å². The fraction of sp³-hybridized carbons (Fsp3) is 0.625. The van der Waals surface area contributed by atoms with E-state index in [-0.39, 0.29) is 12.6 Å². The van der Waals surface area contributed by atoms with Crippen LogP contribution in [-0.2, 0) is 0 Å². The first kappa shape index (κ1) is 10.0. The predicted molar refractivity (Wildman–Crippen MR) is 48.5 cm³/mol. The van der Waals surface area contributed by atoms with Crippen LogP contribution in [0.2, 0.25) is 0 Å². The van der Waals surface area contributed by atoms with Gasteiger partial charge in [-0.05, 0) is 13.3 Å². The number of ether oxygens (including phenoxy) is 1. The number of hydrogen-bond acceptors (Lipinski definition) is 4. The lowest BCUT2D eigenvalue weighted by molar-refractivity contribution is 0.275. The molecule has 0 saturated carbocycles. The minimum Gasteiger partial charge on any atom is -0.480 e. The second kappa shape index (κ2) is 4.25. The van der Waals surface area contributed by atoms with Crippen molar-refractivity contribution in [1.29, 1.82) is 0 Å². The summed E-state index contributed by atoms with van der Waals surface area (Å²) in [5.41, 5.74) is 7.56. The number of nitrogens with zero attached hydrogens (tertiary/aromatic N) is 1. The molecule has 0 amide bonds. The summed E-state index contributed by atoms with van der Waals surface area (Å²) in [7, 11) is 1.55. The monoisotopic (exact) mass is 185 g/mol. The molecule has 0 bridgehead atoms. The van der Waals surface area contributed by atoms with Crippen molar-refractivity contribution >= 4 is 0 Å². The summed E-state index contributed by atoms with van der Waals surface area (Å²) in [5.74, 6) is 0.512. The molecule has 74 valence electrons. The minimum atomic E-state index is -0.223. The average Bonchev–Trinajstić information content (AvgIpc) is 2.47. The van der Waals surface area contributed by atoms with Gasteiger partial charge in [-0.15, -0.1) is 5.10 Å². The second-order valence-electron chi connectivity index (χ2n) is 2.89. The van der Waals surface area contributed by atoms with E-state index in [1.807, 2.05) is 6.92 Å². The summed E-state index contributed by atoms with van der Waals surface area (Å²) >= 11 is 0. The Kier molecular flexibility index (Phi) is 3.27. The number of aliphatic hydroxyl groups is 1. The van der Waals surface area contributed by atoms with E-state index in [0.29, 0.717) is 12.3 Å². The fourth-order valence-electron chi connectivity index (χ4n) is 1.29. The maximum absolute atomic E-state index is 8.74. The van der Waals surface area contributed by atoms with Crippen molar-refractivity contribution in [2.75, 3.05) is 13.7 Å². The largest absolute Gasteiger partial charge is 0.480 e. The number of aryl methyl sites for hydroxylation is 1. The standard InChI is InChI=1S/C8H15N3O2/c1-5-7(6(9)3-4-12)8(13-2)11-10-5/h6,12H,3-4,9H2,1-2H3,(H,10,11). The van der Waals surface area contributed by atoms with Gasteiger partial charge in [-0.1, -0.05) is 0 Å². The van der Waals surface area contributed by atoms with E-state index in [9.17, 15) is 0 Å². The maximum Gasteiger partial charge on any atom is 0.237 e. The third-order valence-corrected chi connectivity index (χ3v) is 1.96. The highest BCUT2D eigenvalue weighted by Gasteiger charge is 2.17. The Morgan fingerprint density at radius 1 is 1.69 bits per heavy atom. The van der Waals surface area contributed by atoms with E-state index in [4.69, 9.17) is 15.6 Å². The highest BCUT2D eigenvalue weighted by molar-refractivity contribution is 5.32. The Hall–Kier alpha value is -1.07. The van der Waals surface area contributed by atoms with Crippen LogP contribution in [0.3, 0.4) is 0 Å². The van der Waals surface area contributed by atoms with Crippen LogP contribution in [0.5, 0.6) is 5.88 Å². The van der Waals surface area contributed by atoms with Crippen LogP contribution in [0, 0.1) is 6.92 Å². The molecular weight excluding hydrogens is 170 g/mol. The first-order chi connectivity index (χ1) is 6.20. The molecule has 5 nitrogen and oxygen atoms in total. The molecule has 1 unspecified atom stereocenters. The number of aliphatic hydroxyl groups excluding tert-OH is 1. The van der Waals surface area contributed by atoms with Gasteiger partial charge in [0.2, 0.25) is 5.88 Å². The molecule has 5 heteroatoms. The third-order valence-electron chi connectivity index (χ3n) is 1.96. The molecule has 0 spiro atoms. The summed E-state index contributed by atoms with van der Waals surface area (Å²) < 4.78 is 5.03. The van der Waals surface area contributed by atoms with Gasteiger partial charge in [-0.3, -0.25) is 5.10 Å². The normalized spacial score (nSPS) is 12.9. The van der Waals surface area contributed by atoms with Gasteiger partial charge in [0.15, 0.2) is 0 Å². The van der Waals surface area contributed by atoms with E-state index in [2.05, 4.69) is 10.2 Å². The molecule has 4 N–H and O–H groups in total. The summed E-state index contributed by atoms with van der Waals surface area (Å²) in [6, 6.07) is -0.223. The summed E-state index contributed by atoms with van der Waals surface area (Å²) in [5, 5.41) is 15.5. The highest BCUT2D eigenvalue weighted by atomic mass is 16.5. The summed E-state index contributed by atoms with van der Waals surface area (Å²) in [6.45, 7) is 1.94. The average molecular weight is 185 g/mol. The lowest BCUT2D eigenvalue weighted by Gasteiger charge is -2.10. The molecule has 0 radical (unpaired) electrons. The topological polar surface area (TPSA) is 84.2 Å².